The summed E-state index contributed by atoms with van der Waals surface area (Å²) >= 11 is 0. The number of aliphatic hydroxyl groups excluding tert-OH is 1. The molecule has 2 heteroatoms. The van der Waals surface area contributed by atoms with E-state index in [0.717, 1.165) is 18.9 Å². The van der Waals surface area contributed by atoms with Gasteiger partial charge in [-0.3, -0.25) is 0 Å². The highest BCUT2D eigenvalue weighted by molar-refractivity contribution is 5.02. The second-order valence-corrected chi connectivity index (χ2v) is 5.95. The monoisotopic (exact) mass is 225 g/mol. The molecule has 2 saturated carbocycles. The predicted molar refractivity (Wildman–Crippen MR) is 67.5 cm³/mol. The fraction of sp³-hybridized carbons (Fsp3) is 1.00. The van der Waals surface area contributed by atoms with Crippen molar-refractivity contribution in [1.29, 1.82) is 0 Å². The van der Waals surface area contributed by atoms with Crippen LogP contribution in [0.15, 0.2) is 0 Å². The first-order valence-electron chi connectivity index (χ1n) is 7.14. The van der Waals surface area contributed by atoms with Crippen molar-refractivity contribution in [2.45, 2.75) is 76.8 Å². The van der Waals surface area contributed by atoms with Gasteiger partial charge in [-0.2, -0.15) is 0 Å². The summed E-state index contributed by atoms with van der Waals surface area (Å²) in [6.45, 7) is 2.60. The van der Waals surface area contributed by atoms with Crippen LogP contribution in [-0.2, 0) is 0 Å². The van der Waals surface area contributed by atoms with Gasteiger partial charge in [0.15, 0.2) is 0 Å². The molecule has 0 bridgehead atoms. The van der Waals surface area contributed by atoms with Crippen LogP contribution >= 0.6 is 0 Å². The minimum Gasteiger partial charge on any atom is -0.396 e. The molecule has 0 aromatic rings. The van der Waals surface area contributed by atoms with Crippen molar-refractivity contribution in [2.75, 3.05) is 6.61 Å². The van der Waals surface area contributed by atoms with Gasteiger partial charge in [0.1, 0.15) is 0 Å². The second-order valence-electron chi connectivity index (χ2n) is 5.95. The summed E-state index contributed by atoms with van der Waals surface area (Å²) in [6.07, 6.45) is 12.1. The molecule has 2 fully saturated rings. The highest BCUT2D eigenvalue weighted by Gasteiger charge is 2.46. The fourth-order valence-corrected chi connectivity index (χ4v) is 3.64. The first-order chi connectivity index (χ1) is 7.77. The van der Waals surface area contributed by atoms with Crippen molar-refractivity contribution in [3.63, 3.8) is 0 Å². The molecular formula is C14H27NO. The molecule has 0 aliphatic heterocycles. The minimum absolute atomic E-state index is 0.335. The number of nitrogens with one attached hydrogen (secondary N) is 1. The van der Waals surface area contributed by atoms with Gasteiger partial charge in [0.05, 0.1) is 0 Å². The van der Waals surface area contributed by atoms with Crippen LogP contribution < -0.4 is 5.32 Å². The summed E-state index contributed by atoms with van der Waals surface area (Å²) in [5.74, 6) is 0. The lowest BCUT2D eigenvalue weighted by Gasteiger charge is -2.53. The maximum Gasteiger partial charge on any atom is 0.0431 e. The Morgan fingerprint density at radius 2 is 2.00 bits per heavy atom. The van der Waals surface area contributed by atoms with E-state index in [1.54, 1.807) is 0 Å². The zero-order valence-corrected chi connectivity index (χ0v) is 10.7. The third-order valence-electron chi connectivity index (χ3n) is 4.80. The molecule has 0 saturated heterocycles. The Morgan fingerprint density at radius 1 is 1.25 bits per heavy atom. The van der Waals surface area contributed by atoms with Crippen LogP contribution in [0.5, 0.6) is 0 Å². The smallest absolute Gasteiger partial charge is 0.0431 e. The molecule has 0 radical (unpaired) electrons. The molecule has 2 nitrogen and oxygen atoms in total. The van der Waals surface area contributed by atoms with E-state index in [0.29, 0.717) is 18.1 Å². The highest BCUT2D eigenvalue weighted by Crippen LogP contribution is 2.51. The van der Waals surface area contributed by atoms with E-state index in [-0.39, 0.29) is 0 Å². The minimum atomic E-state index is 0.335. The van der Waals surface area contributed by atoms with Gasteiger partial charge in [-0.15, -0.1) is 0 Å². The number of hydrogen-bond acceptors (Lipinski definition) is 2. The van der Waals surface area contributed by atoms with E-state index in [1.807, 2.05) is 0 Å². The molecule has 2 aliphatic carbocycles. The van der Waals surface area contributed by atoms with Crippen molar-refractivity contribution < 1.29 is 5.11 Å². The molecule has 0 heterocycles. The molecule has 0 amide bonds. The van der Waals surface area contributed by atoms with Crippen molar-refractivity contribution >= 4 is 0 Å². The van der Waals surface area contributed by atoms with E-state index in [2.05, 4.69) is 12.2 Å². The molecule has 0 aromatic carbocycles. The van der Waals surface area contributed by atoms with Crippen molar-refractivity contribution in [1.82, 2.24) is 5.32 Å². The number of hydrogen-bond donors (Lipinski definition) is 2. The first-order valence-corrected chi connectivity index (χ1v) is 7.14. The zero-order valence-electron chi connectivity index (χ0n) is 10.7. The summed E-state index contributed by atoms with van der Waals surface area (Å²) in [5, 5.41) is 12.6. The Kier molecular flexibility index (Phi) is 4.26. The average Bonchev–Trinajstić information content (AvgIpc) is 2.33. The van der Waals surface area contributed by atoms with Gasteiger partial charge < -0.3 is 10.4 Å². The number of aliphatic hydroxyl groups is 1. The van der Waals surface area contributed by atoms with Gasteiger partial charge in [-0.1, -0.05) is 19.3 Å². The largest absolute Gasteiger partial charge is 0.396 e. The zero-order chi connectivity index (χ0) is 11.4. The molecule has 94 valence electrons. The highest BCUT2D eigenvalue weighted by atomic mass is 16.2. The third-order valence-corrected chi connectivity index (χ3v) is 4.80. The van der Waals surface area contributed by atoms with Gasteiger partial charge in [-0.25, -0.2) is 0 Å². The van der Waals surface area contributed by atoms with E-state index in [9.17, 15) is 0 Å². The van der Waals surface area contributed by atoms with Crippen molar-refractivity contribution in [3.05, 3.63) is 0 Å². The average molecular weight is 225 g/mol. The van der Waals surface area contributed by atoms with Crippen LogP contribution in [0.4, 0.5) is 0 Å². The van der Waals surface area contributed by atoms with Gasteiger partial charge in [0.25, 0.3) is 0 Å². The normalized spacial score (nSPS) is 30.0. The molecule has 2 atom stereocenters. The Morgan fingerprint density at radius 3 is 2.56 bits per heavy atom. The molecule has 2 unspecified atom stereocenters. The van der Waals surface area contributed by atoms with Crippen LogP contribution in [0.3, 0.4) is 0 Å². The van der Waals surface area contributed by atoms with Crippen LogP contribution in [0.25, 0.3) is 0 Å². The molecule has 2 N–H and O–H groups in total. The van der Waals surface area contributed by atoms with Gasteiger partial charge in [0, 0.05) is 18.7 Å². The molecule has 1 spiro atoms. The quantitative estimate of drug-likeness (QED) is 0.754. The maximum atomic E-state index is 8.83. The first kappa shape index (κ1) is 12.4. The summed E-state index contributed by atoms with van der Waals surface area (Å²) in [6, 6.07) is 1.36. The lowest BCUT2D eigenvalue weighted by molar-refractivity contribution is 0.0167. The van der Waals surface area contributed by atoms with E-state index < -0.39 is 0 Å². The lowest BCUT2D eigenvalue weighted by atomic mass is 9.57. The van der Waals surface area contributed by atoms with E-state index in [4.69, 9.17) is 5.11 Å². The lowest BCUT2D eigenvalue weighted by Crippen LogP contribution is -2.56. The summed E-state index contributed by atoms with van der Waals surface area (Å²) in [7, 11) is 0. The van der Waals surface area contributed by atoms with E-state index in [1.165, 1.54) is 44.9 Å². The molecule has 16 heavy (non-hydrogen) atoms. The number of rotatable bonds is 5. The molecule has 2 rings (SSSR count). The Labute approximate surface area is 99.8 Å². The van der Waals surface area contributed by atoms with Crippen LogP contribution in [0.1, 0.15) is 64.7 Å². The van der Waals surface area contributed by atoms with Gasteiger partial charge in [0.2, 0.25) is 0 Å². The van der Waals surface area contributed by atoms with Crippen molar-refractivity contribution in [2.24, 2.45) is 5.41 Å². The molecular weight excluding hydrogens is 198 g/mol. The summed E-state index contributed by atoms with van der Waals surface area (Å²) < 4.78 is 0. The van der Waals surface area contributed by atoms with Gasteiger partial charge >= 0.3 is 0 Å². The van der Waals surface area contributed by atoms with Crippen molar-refractivity contribution in [3.8, 4) is 0 Å². The van der Waals surface area contributed by atoms with Gasteiger partial charge in [-0.05, 0) is 50.9 Å². The molecule has 0 aromatic heterocycles. The third kappa shape index (κ3) is 2.60. The summed E-state index contributed by atoms with van der Waals surface area (Å²) in [4.78, 5) is 0. The Balaban J connectivity index is 1.77. The summed E-state index contributed by atoms with van der Waals surface area (Å²) in [5.41, 5.74) is 0.672. The topological polar surface area (TPSA) is 32.3 Å². The fourth-order valence-electron chi connectivity index (χ4n) is 3.64. The maximum absolute atomic E-state index is 8.83. The van der Waals surface area contributed by atoms with E-state index >= 15 is 0 Å². The standard InChI is InChI=1S/C14H27NO/c1-12(6-5-11-16)15-13-7-10-14(13)8-3-2-4-9-14/h12-13,15-16H,2-11H2,1H3. The molecule has 2 aliphatic rings. The van der Waals surface area contributed by atoms with Crippen LogP contribution in [-0.4, -0.2) is 23.8 Å². The predicted octanol–water partition coefficient (Wildman–Crippen LogP) is 2.85. The second kappa shape index (κ2) is 5.50. The Hall–Kier alpha value is -0.0800. The van der Waals surface area contributed by atoms with Crippen LogP contribution in [0, 0.1) is 5.41 Å². The SMILES string of the molecule is CC(CCCO)NC1CCC12CCCCC2. The van der Waals surface area contributed by atoms with Crippen LogP contribution in [0.2, 0.25) is 0 Å². The Bertz CT molecular complexity index is 211.